The number of nitrogens with zero attached hydrogens (tertiary/aromatic N) is 1. The molecule has 0 aliphatic heterocycles. The number of alkyl carbamates (subject to hydrolysis) is 1. The molecule has 2 amide bonds. The maximum Gasteiger partial charge on any atom is 0.408 e. The second kappa shape index (κ2) is 11.3. The number of carbonyl (C=O) groups excluding carboxylic acids is 2. The fraction of sp³-hybridized carbons (Fsp3) is 0.346. The Morgan fingerprint density at radius 2 is 1.88 bits per heavy atom. The van der Waals surface area contributed by atoms with E-state index in [-0.39, 0.29) is 11.8 Å². The van der Waals surface area contributed by atoms with Gasteiger partial charge in [0.25, 0.3) is 0 Å². The Kier molecular flexibility index (Phi) is 8.79. The van der Waals surface area contributed by atoms with E-state index in [1.54, 1.807) is 45.9 Å². The quantitative estimate of drug-likeness (QED) is 0.480. The fourth-order valence-corrected chi connectivity index (χ4v) is 3.03. The number of hydrogen-bond acceptors (Lipinski definition) is 5. The van der Waals surface area contributed by atoms with Crippen LogP contribution >= 0.6 is 0 Å². The van der Waals surface area contributed by atoms with Crippen molar-refractivity contribution in [3.05, 3.63) is 67.4 Å². The summed E-state index contributed by atoms with van der Waals surface area (Å²) in [5.74, 6) is -0.117. The molecule has 2 aromatic rings. The average molecular weight is 452 g/mol. The maximum absolute atomic E-state index is 12.5. The van der Waals surface area contributed by atoms with Gasteiger partial charge >= 0.3 is 6.09 Å². The molecule has 0 spiro atoms. The summed E-state index contributed by atoms with van der Waals surface area (Å²) in [6.07, 6.45) is 3.18. The largest absolute Gasteiger partial charge is 0.481 e. The van der Waals surface area contributed by atoms with Crippen LogP contribution in [0, 0.1) is 5.92 Å². The summed E-state index contributed by atoms with van der Waals surface area (Å²) in [6.45, 7) is 14.7. The molecule has 7 heteroatoms. The number of pyridine rings is 1. The van der Waals surface area contributed by atoms with E-state index in [1.165, 1.54) is 7.11 Å². The van der Waals surface area contributed by atoms with E-state index in [9.17, 15) is 9.59 Å². The van der Waals surface area contributed by atoms with Crippen LogP contribution in [-0.2, 0) is 9.53 Å². The molecule has 0 radical (unpaired) electrons. The molecule has 0 aliphatic carbocycles. The summed E-state index contributed by atoms with van der Waals surface area (Å²) in [5.41, 5.74) is 2.17. The molecule has 0 saturated heterocycles. The first kappa shape index (κ1) is 25.6. The molecular formula is C26H33N3O4. The van der Waals surface area contributed by atoms with Gasteiger partial charge in [-0.15, -0.1) is 13.2 Å². The summed E-state index contributed by atoms with van der Waals surface area (Å²) in [4.78, 5) is 29.4. The Morgan fingerprint density at radius 1 is 1.18 bits per heavy atom. The number of benzene rings is 1. The molecule has 0 fully saturated rings. The molecule has 2 rings (SSSR count). The number of hydrogen-bond donors (Lipinski definition) is 2. The first-order chi connectivity index (χ1) is 15.6. The molecule has 1 aromatic carbocycles. The number of rotatable bonds is 9. The monoisotopic (exact) mass is 451 g/mol. The second-order valence-electron chi connectivity index (χ2n) is 8.61. The van der Waals surface area contributed by atoms with E-state index in [0.29, 0.717) is 23.7 Å². The van der Waals surface area contributed by atoms with Gasteiger partial charge in [-0.2, -0.15) is 0 Å². The molecule has 0 aliphatic rings. The lowest BCUT2D eigenvalue weighted by Crippen LogP contribution is -2.35. The zero-order chi connectivity index (χ0) is 24.6. The number of nitrogens with one attached hydrogen (secondary N) is 2. The molecule has 0 bridgehead atoms. The highest BCUT2D eigenvalue weighted by molar-refractivity contribution is 5.97. The number of anilines is 1. The molecule has 7 nitrogen and oxygen atoms in total. The summed E-state index contributed by atoms with van der Waals surface area (Å²) in [7, 11) is 1.53. The van der Waals surface area contributed by atoms with E-state index in [1.807, 2.05) is 30.3 Å². The Morgan fingerprint density at radius 3 is 2.48 bits per heavy atom. The Bertz CT molecular complexity index is 1010. The zero-order valence-electron chi connectivity index (χ0n) is 20.0. The molecule has 2 atom stereocenters. The first-order valence-electron chi connectivity index (χ1n) is 10.8. The standard InChI is InChI=1S/C26H33N3O4/c1-8-12-21(29-25(31)33-26(4,5)6)22-15-18(16-23(27-22)32-7)19-13-10-11-14-20(19)28-24(30)17(3)9-2/h8-11,13-17,21H,1-2,12H2,3-7H3,(H,28,30)(H,29,31)/t17?,21-/m0/s1. The zero-order valence-corrected chi connectivity index (χ0v) is 20.0. The van der Waals surface area contributed by atoms with Gasteiger partial charge in [-0.1, -0.05) is 37.3 Å². The molecule has 1 heterocycles. The van der Waals surface area contributed by atoms with Crippen LogP contribution in [0.5, 0.6) is 5.88 Å². The molecule has 2 N–H and O–H groups in total. The topological polar surface area (TPSA) is 89.6 Å². The third-order valence-electron chi connectivity index (χ3n) is 4.74. The van der Waals surface area contributed by atoms with Gasteiger partial charge in [0.2, 0.25) is 11.8 Å². The Balaban J connectivity index is 2.47. The predicted octanol–water partition coefficient (Wildman–Crippen LogP) is 5.66. The normalized spacial score (nSPS) is 12.8. The van der Waals surface area contributed by atoms with E-state index >= 15 is 0 Å². The Labute approximate surface area is 195 Å². The van der Waals surface area contributed by atoms with Crippen molar-refractivity contribution in [2.24, 2.45) is 5.92 Å². The van der Waals surface area contributed by atoms with Crippen LogP contribution in [0.4, 0.5) is 10.5 Å². The number of ether oxygens (including phenoxy) is 2. The number of aromatic nitrogens is 1. The highest BCUT2D eigenvalue weighted by Crippen LogP contribution is 2.32. The van der Waals surface area contributed by atoms with Gasteiger partial charge in [-0.25, -0.2) is 9.78 Å². The summed E-state index contributed by atoms with van der Waals surface area (Å²) in [5, 5.41) is 5.81. The van der Waals surface area contributed by atoms with Crippen LogP contribution < -0.4 is 15.4 Å². The van der Waals surface area contributed by atoms with E-state index < -0.39 is 17.7 Å². The minimum Gasteiger partial charge on any atom is -0.481 e. The van der Waals surface area contributed by atoms with Crippen molar-refractivity contribution in [3.63, 3.8) is 0 Å². The van der Waals surface area contributed by atoms with Gasteiger partial charge in [0, 0.05) is 17.3 Å². The highest BCUT2D eigenvalue weighted by Gasteiger charge is 2.22. The van der Waals surface area contributed by atoms with Gasteiger partial charge in [0.1, 0.15) is 5.60 Å². The summed E-state index contributed by atoms with van der Waals surface area (Å²) >= 11 is 0. The molecule has 33 heavy (non-hydrogen) atoms. The average Bonchev–Trinajstić information content (AvgIpc) is 2.76. The SMILES string of the molecule is C=CC[C@H](NC(=O)OC(C)(C)C)c1cc(-c2ccccc2NC(=O)C(C)C=C)cc(OC)n1. The number of methoxy groups -OCH3 is 1. The number of carbonyl (C=O) groups is 2. The van der Waals surface area contributed by atoms with Crippen molar-refractivity contribution < 1.29 is 19.1 Å². The van der Waals surface area contributed by atoms with Crippen molar-refractivity contribution in [1.29, 1.82) is 0 Å². The third kappa shape index (κ3) is 7.49. The molecule has 1 aromatic heterocycles. The lowest BCUT2D eigenvalue weighted by molar-refractivity contribution is -0.118. The van der Waals surface area contributed by atoms with Crippen LogP contribution in [0.15, 0.2) is 61.7 Å². The van der Waals surface area contributed by atoms with Crippen molar-refractivity contribution in [1.82, 2.24) is 10.3 Å². The first-order valence-corrected chi connectivity index (χ1v) is 10.8. The highest BCUT2D eigenvalue weighted by atomic mass is 16.6. The third-order valence-corrected chi connectivity index (χ3v) is 4.74. The second-order valence-corrected chi connectivity index (χ2v) is 8.61. The molecular weight excluding hydrogens is 418 g/mol. The van der Waals surface area contributed by atoms with Crippen LogP contribution in [0.25, 0.3) is 11.1 Å². The summed E-state index contributed by atoms with van der Waals surface area (Å²) < 4.78 is 10.8. The van der Waals surface area contributed by atoms with Crippen LogP contribution in [0.1, 0.15) is 45.9 Å². The van der Waals surface area contributed by atoms with Gasteiger partial charge < -0.3 is 20.1 Å². The molecule has 1 unspecified atom stereocenters. The number of amides is 2. The van der Waals surface area contributed by atoms with Crippen molar-refractivity contribution in [2.45, 2.75) is 45.8 Å². The van der Waals surface area contributed by atoms with Crippen LogP contribution in [0.3, 0.4) is 0 Å². The minimum atomic E-state index is -0.629. The minimum absolute atomic E-state index is 0.158. The molecule has 176 valence electrons. The molecule has 0 saturated carbocycles. The fourth-order valence-electron chi connectivity index (χ4n) is 3.03. The van der Waals surface area contributed by atoms with Crippen molar-refractivity contribution in [3.8, 4) is 17.0 Å². The van der Waals surface area contributed by atoms with Crippen LogP contribution in [0.2, 0.25) is 0 Å². The van der Waals surface area contributed by atoms with Gasteiger partial charge in [-0.3, -0.25) is 4.79 Å². The van der Waals surface area contributed by atoms with E-state index in [2.05, 4.69) is 28.8 Å². The lowest BCUT2D eigenvalue weighted by Gasteiger charge is -2.23. The van der Waals surface area contributed by atoms with Gasteiger partial charge in [0.15, 0.2) is 0 Å². The maximum atomic E-state index is 12.5. The van der Waals surface area contributed by atoms with Gasteiger partial charge in [0.05, 0.1) is 24.8 Å². The van der Waals surface area contributed by atoms with E-state index in [0.717, 1.165) is 11.1 Å². The van der Waals surface area contributed by atoms with Crippen molar-refractivity contribution >= 4 is 17.7 Å². The predicted molar refractivity (Wildman–Crippen MR) is 131 cm³/mol. The van der Waals surface area contributed by atoms with Crippen molar-refractivity contribution in [2.75, 3.05) is 12.4 Å². The lowest BCUT2D eigenvalue weighted by atomic mass is 10.0. The van der Waals surface area contributed by atoms with Crippen LogP contribution in [-0.4, -0.2) is 29.7 Å². The number of para-hydroxylation sites is 1. The Hall–Kier alpha value is -3.61. The summed E-state index contributed by atoms with van der Waals surface area (Å²) in [6, 6.07) is 10.6. The smallest absolute Gasteiger partial charge is 0.408 e. The van der Waals surface area contributed by atoms with E-state index in [4.69, 9.17) is 9.47 Å². The van der Waals surface area contributed by atoms with Gasteiger partial charge in [-0.05, 0) is 44.9 Å².